The molecule has 0 atom stereocenters. The van der Waals surface area contributed by atoms with Gasteiger partial charge in [-0.1, -0.05) is 0 Å². The van der Waals surface area contributed by atoms with Gasteiger partial charge in [0.1, 0.15) is 0 Å². The number of hydrogen-bond donors (Lipinski definition) is 10. The second-order valence-corrected chi connectivity index (χ2v) is 2.69. The van der Waals surface area contributed by atoms with Crippen molar-refractivity contribution in [3.05, 3.63) is 0 Å². The molecule has 0 bridgehead atoms. The van der Waals surface area contributed by atoms with Gasteiger partial charge >= 0.3 is 58.5 Å². The summed E-state index contributed by atoms with van der Waals surface area (Å²) in [7, 11) is -9.33. The van der Waals surface area contributed by atoms with Crippen LogP contribution in [-0.2, 0) is 20.8 Å². The van der Waals surface area contributed by atoms with Gasteiger partial charge in [-0.05, 0) is 0 Å². The van der Waals surface area contributed by atoms with Crippen LogP contribution < -0.4 is 36.9 Å². The maximum atomic E-state index is 8.74. The van der Waals surface area contributed by atoms with Crippen LogP contribution in [0.15, 0.2) is 0 Å². The molecule has 0 rings (SSSR count). The molecule has 0 saturated carbocycles. The Hall–Kier alpha value is 0.760. The van der Waals surface area contributed by atoms with Crippen LogP contribution in [0, 0.1) is 0 Å². The number of rotatable bonds is 0. The van der Waals surface area contributed by atoms with Crippen molar-refractivity contribution in [3.8, 4) is 0 Å². The van der Waals surface area contributed by atoms with Crippen LogP contribution in [0.5, 0.6) is 0 Å². The normalized spacial score (nSPS) is 6.82. The fraction of sp³-hybridized carbons (Fsp3) is 0. The molecular formula is H24CaN6O8S2. The third-order valence-electron chi connectivity index (χ3n) is 0. The van der Waals surface area contributed by atoms with Crippen LogP contribution >= 0.6 is 0 Å². The topological polar surface area (TPSA) is 359 Å². The van der Waals surface area contributed by atoms with E-state index in [9.17, 15) is 0 Å². The van der Waals surface area contributed by atoms with Gasteiger partial charge in [-0.3, -0.25) is 18.2 Å². The third kappa shape index (κ3) is 6330. The summed E-state index contributed by atoms with van der Waals surface area (Å²) in [6, 6.07) is 0. The zero-order valence-electron chi connectivity index (χ0n) is 8.48. The molecule has 0 unspecified atom stereocenters. The average Bonchev–Trinajstić information content (AvgIpc) is 1.12. The number of hydrogen-bond acceptors (Lipinski definition) is 10. The van der Waals surface area contributed by atoms with Crippen molar-refractivity contribution in [3.63, 3.8) is 0 Å². The molecule has 0 saturated heterocycles. The Morgan fingerprint density at radius 2 is 0.471 bits per heavy atom. The van der Waals surface area contributed by atoms with Crippen LogP contribution in [0.3, 0.4) is 0 Å². The van der Waals surface area contributed by atoms with Gasteiger partial charge < -0.3 is 36.9 Å². The van der Waals surface area contributed by atoms with Crippen LogP contribution in [-0.4, -0.2) is 72.8 Å². The molecule has 22 N–H and O–H groups in total. The molecule has 0 aliphatic heterocycles. The summed E-state index contributed by atoms with van der Waals surface area (Å²) in [5.41, 5.74) is 0. The van der Waals surface area contributed by atoms with E-state index in [-0.39, 0.29) is 74.6 Å². The first-order valence-corrected chi connectivity index (χ1v) is 4.19. The fourth-order valence-electron chi connectivity index (χ4n) is 0. The first kappa shape index (κ1) is 65.0. The minimum absolute atomic E-state index is 0. The van der Waals surface area contributed by atoms with Gasteiger partial charge in [-0.2, -0.15) is 16.8 Å². The van der Waals surface area contributed by atoms with Gasteiger partial charge in [0.05, 0.1) is 0 Å². The van der Waals surface area contributed by atoms with Gasteiger partial charge in [0, 0.05) is 0 Å². The summed E-state index contributed by atoms with van der Waals surface area (Å²) < 4.78 is 63.2. The van der Waals surface area contributed by atoms with E-state index in [2.05, 4.69) is 0 Å². The van der Waals surface area contributed by atoms with Gasteiger partial charge in [0.25, 0.3) is 0 Å². The van der Waals surface area contributed by atoms with Crippen LogP contribution in [0.4, 0.5) is 0 Å². The molecule has 14 nitrogen and oxygen atoms in total. The second-order valence-electron chi connectivity index (χ2n) is 0.896. The molecule has 0 spiro atoms. The van der Waals surface area contributed by atoms with Crippen molar-refractivity contribution in [1.82, 2.24) is 36.9 Å². The molecule has 0 fully saturated rings. The molecule has 0 aromatic heterocycles. The Morgan fingerprint density at radius 1 is 0.471 bits per heavy atom. The SMILES string of the molecule is N.N.N.N.N.N.O=S(=O)(O)O.O=S(=O)(O)O.[CaH2]. The Balaban J connectivity index is -0.00000000762. The molecule has 17 heavy (non-hydrogen) atoms. The van der Waals surface area contributed by atoms with Crippen LogP contribution in [0.1, 0.15) is 0 Å². The molecule has 0 heterocycles. The Bertz CT molecular complexity index is 224. The predicted molar refractivity (Wildman–Crippen MR) is 67.0 cm³/mol. The van der Waals surface area contributed by atoms with Crippen molar-refractivity contribution in [2.24, 2.45) is 0 Å². The molecule has 0 aliphatic rings. The molecule has 116 valence electrons. The van der Waals surface area contributed by atoms with E-state index >= 15 is 0 Å². The fourth-order valence-corrected chi connectivity index (χ4v) is 0. The molecule has 0 amide bonds. The van der Waals surface area contributed by atoms with E-state index in [1.165, 1.54) is 0 Å². The van der Waals surface area contributed by atoms with Crippen molar-refractivity contribution >= 4 is 58.5 Å². The van der Waals surface area contributed by atoms with Gasteiger partial charge in [0.15, 0.2) is 0 Å². The summed E-state index contributed by atoms with van der Waals surface area (Å²) in [5.74, 6) is 0. The van der Waals surface area contributed by atoms with E-state index in [0.29, 0.717) is 0 Å². The van der Waals surface area contributed by atoms with Gasteiger partial charge in [-0.15, -0.1) is 0 Å². The van der Waals surface area contributed by atoms with E-state index in [0.717, 1.165) is 0 Å². The van der Waals surface area contributed by atoms with Crippen LogP contribution in [0.2, 0.25) is 0 Å². The second kappa shape index (κ2) is 25.6. The predicted octanol–water partition coefficient (Wildman–Crippen LogP) is -1.25. The quantitative estimate of drug-likeness (QED) is 0.182. The maximum absolute atomic E-state index is 8.74. The summed E-state index contributed by atoms with van der Waals surface area (Å²) >= 11 is 0. The Morgan fingerprint density at radius 3 is 0.471 bits per heavy atom. The first-order valence-electron chi connectivity index (χ1n) is 1.40. The van der Waals surface area contributed by atoms with Crippen molar-refractivity contribution in [2.45, 2.75) is 0 Å². The zero-order valence-corrected chi connectivity index (χ0v) is 10.1. The minimum atomic E-state index is -4.67. The van der Waals surface area contributed by atoms with Gasteiger partial charge in [0.2, 0.25) is 0 Å². The summed E-state index contributed by atoms with van der Waals surface area (Å²) in [6.07, 6.45) is 0. The average molecular weight is 340 g/mol. The summed E-state index contributed by atoms with van der Waals surface area (Å²) in [6.45, 7) is 0. The van der Waals surface area contributed by atoms with E-state index < -0.39 is 20.8 Å². The molecule has 17 heteroatoms. The third-order valence-corrected chi connectivity index (χ3v) is 0. The molecular weight excluding hydrogens is 316 g/mol. The Labute approximate surface area is 130 Å². The van der Waals surface area contributed by atoms with Crippen molar-refractivity contribution in [1.29, 1.82) is 0 Å². The zero-order chi connectivity index (χ0) is 9.00. The molecule has 0 aromatic carbocycles. The van der Waals surface area contributed by atoms with Crippen molar-refractivity contribution in [2.75, 3.05) is 0 Å². The van der Waals surface area contributed by atoms with Gasteiger partial charge in [-0.25, -0.2) is 0 Å². The monoisotopic (exact) mass is 340 g/mol. The standard InChI is InChI=1S/Ca.6H3N.2H2O4S.2H/c;;;;;;;2*1-5(2,3)4;;/h;6*1H3;2*(H2,1,2,3,4);;. The first-order chi connectivity index (χ1) is 4.00. The summed E-state index contributed by atoms with van der Waals surface area (Å²) in [4.78, 5) is 0. The molecule has 0 aliphatic carbocycles. The van der Waals surface area contributed by atoms with Crippen LogP contribution in [0.25, 0.3) is 0 Å². The summed E-state index contributed by atoms with van der Waals surface area (Å²) in [5, 5.41) is 0. The van der Waals surface area contributed by atoms with E-state index in [4.69, 9.17) is 35.0 Å². The van der Waals surface area contributed by atoms with E-state index in [1.54, 1.807) is 0 Å². The Kier molecular flexibility index (Phi) is 97.8. The molecule has 0 radical (unpaired) electrons. The molecule has 0 aromatic rings. The van der Waals surface area contributed by atoms with Crippen molar-refractivity contribution < 1.29 is 35.0 Å². The van der Waals surface area contributed by atoms with E-state index in [1.807, 2.05) is 0 Å².